The number of hydrogen-bond acceptors (Lipinski definition) is 6. The van der Waals surface area contributed by atoms with E-state index in [9.17, 15) is 19.2 Å². The van der Waals surface area contributed by atoms with E-state index in [1.165, 1.54) is 4.57 Å². The van der Waals surface area contributed by atoms with E-state index in [-0.39, 0.29) is 30.2 Å². The van der Waals surface area contributed by atoms with E-state index in [1.54, 1.807) is 16.5 Å². The lowest BCUT2D eigenvalue weighted by Crippen LogP contribution is -2.44. The highest BCUT2D eigenvalue weighted by Crippen LogP contribution is 2.26. The van der Waals surface area contributed by atoms with E-state index in [2.05, 4.69) is 5.32 Å². The summed E-state index contributed by atoms with van der Waals surface area (Å²) >= 11 is 0. The average molecular weight is 487 g/mol. The van der Waals surface area contributed by atoms with Crippen LogP contribution < -0.4 is 11.0 Å². The molecule has 2 atom stereocenters. The summed E-state index contributed by atoms with van der Waals surface area (Å²) in [7, 11) is 1.71. The molecule has 2 saturated heterocycles. The van der Waals surface area contributed by atoms with E-state index in [0.29, 0.717) is 38.1 Å². The highest BCUT2D eigenvalue weighted by molar-refractivity contribution is 6.00. The Kier molecular flexibility index (Phi) is 7.02. The first-order chi connectivity index (χ1) is 16.5. The van der Waals surface area contributed by atoms with Crippen LogP contribution in [-0.4, -0.2) is 63.3 Å². The first kappa shape index (κ1) is 25.0. The van der Waals surface area contributed by atoms with E-state index in [4.69, 9.17) is 9.47 Å². The maximum Gasteiger partial charge on any atom is 0.410 e. The summed E-state index contributed by atoms with van der Waals surface area (Å²) in [5.41, 5.74) is 1.69. The van der Waals surface area contributed by atoms with Crippen LogP contribution in [0, 0.1) is 0 Å². The minimum Gasteiger partial charge on any atom is -0.444 e. The summed E-state index contributed by atoms with van der Waals surface area (Å²) in [6, 6.07) is 5.01. The van der Waals surface area contributed by atoms with Crippen molar-refractivity contribution in [2.75, 3.05) is 19.7 Å². The number of amides is 3. The molecular weight excluding hydrogens is 452 g/mol. The van der Waals surface area contributed by atoms with Crippen molar-refractivity contribution in [1.82, 2.24) is 19.4 Å². The molecule has 1 aromatic carbocycles. The van der Waals surface area contributed by atoms with Gasteiger partial charge < -0.3 is 14.4 Å². The number of imidazole rings is 1. The van der Waals surface area contributed by atoms with E-state index in [0.717, 1.165) is 23.9 Å². The zero-order valence-corrected chi connectivity index (χ0v) is 20.8. The Balaban J connectivity index is 1.38. The van der Waals surface area contributed by atoms with Crippen LogP contribution in [0.4, 0.5) is 4.79 Å². The Bertz CT molecular complexity index is 1190. The number of likely N-dealkylation sites (tertiary alicyclic amines) is 1. The quantitative estimate of drug-likeness (QED) is 0.495. The van der Waals surface area contributed by atoms with Gasteiger partial charge in [-0.2, -0.15) is 0 Å². The Morgan fingerprint density at radius 2 is 1.94 bits per heavy atom. The average Bonchev–Trinajstić information content (AvgIpc) is 3.35. The van der Waals surface area contributed by atoms with Crippen molar-refractivity contribution in [3.63, 3.8) is 0 Å². The zero-order chi connectivity index (χ0) is 25.3. The minimum atomic E-state index is -0.697. The number of piperidine rings is 1. The molecule has 4 rings (SSSR count). The second-order valence-corrected chi connectivity index (χ2v) is 10.3. The Morgan fingerprint density at radius 1 is 1.17 bits per heavy atom. The van der Waals surface area contributed by atoms with E-state index < -0.39 is 17.6 Å². The summed E-state index contributed by atoms with van der Waals surface area (Å²) in [5, 5.41) is 2.34. The van der Waals surface area contributed by atoms with E-state index >= 15 is 0 Å². The van der Waals surface area contributed by atoms with Gasteiger partial charge in [-0.25, -0.2) is 9.59 Å². The fraction of sp³-hybridized carbons (Fsp3) is 0.600. The van der Waals surface area contributed by atoms with Crippen molar-refractivity contribution >= 4 is 28.9 Å². The molecule has 2 aliphatic rings. The molecule has 1 aromatic heterocycles. The fourth-order valence-electron chi connectivity index (χ4n) is 4.82. The maximum absolute atomic E-state index is 13.0. The van der Waals surface area contributed by atoms with Crippen LogP contribution in [0.15, 0.2) is 23.0 Å². The number of imide groups is 1. The van der Waals surface area contributed by atoms with Crippen molar-refractivity contribution in [3.05, 3.63) is 34.2 Å². The number of aryl methyl sites for hydroxylation is 2. The number of rotatable bonds is 6. The lowest BCUT2D eigenvalue weighted by Gasteiger charge is -2.24. The molecule has 190 valence electrons. The molecule has 10 heteroatoms. The van der Waals surface area contributed by atoms with Crippen LogP contribution in [0.25, 0.3) is 11.0 Å². The molecule has 2 fully saturated rings. The lowest BCUT2D eigenvalue weighted by molar-refractivity contribution is -0.135. The number of hydrogen-bond donors (Lipinski definition) is 1. The van der Waals surface area contributed by atoms with Crippen LogP contribution in [0.5, 0.6) is 0 Å². The Morgan fingerprint density at radius 3 is 2.66 bits per heavy atom. The number of aromatic nitrogens is 2. The predicted octanol–water partition coefficient (Wildman–Crippen LogP) is 2.28. The summed E-state index contributed by atoms with van der Waals surface area (Å²) in [4.78, 5) is 50.9. The van der Waals surface area contributed by atoms with Crippen LogP contribution in [0.3, 0.4) is 0 Å². The van der Waals surface area contributed by atoms with Crippen molar-refractivity contribution in [1.29, 1.82) is 0 Å². The van der Waals surface area contributed by atoms with Crippen LogP contribution in [-0.2, 0) is 32.5 Å². The molecule has 3 amide bonds. The first-order valence-corrected chi connectivity index (χ1v) is 12.2. The molecule has 2 aromatic rings. The van der Waals surface area contributed by atoms with Gasteiger partial charge in [0.25, 0.3) is 0 Å². The van der Waals surface area contributed by atoms with Gasteiger partial charge in [0.05, 0.1) is 23.7 Å². The number of fused-ring (bicyclic) bond motifs is 1. The summed E-state index contributed by atoms with van der Waals surface area (Å²) in [6.45, 7) is 7.23. The molecule has 1 N–H and O–H groups in total. The Labute approximate surface area is 204 Å². The maximum atomic E-state index is 13.0. The van der Waals surface area contributed by atoms with Gasteiger partial charge in [0.15, 0.2) is 0 Å². The fourth-order valence-corrected chi connectivity index (χ4v) is 4.82. The summed E-state index contributed by atoms with van der Waals surface area (Å²) < 4.78 is 14.5. The normalized spacial score (nSPS) is 21.0. The number of carbonyl (C=O) groups is 3. The topological polar surface area (TPSA) is 112 Å². The number of carbonyl (C=O) groups excluding carboxylic acids is 3. The second kappa shape index (κ2) is 9.85. The third-order valence-corrected chi connectivity index (χ3v) is 6.45. The highest BCUT2D eigenvalue weighted by atomic mass is 16.6. The van der Waals surface area contributed by atoms with Gasteiger partial charge in [0.2, 0.25) is 11.8 Å². The molecule has 35 heavy (non-hydrogen) atoms. The molecule has 0 saturated carbocycles. The van der Waals surface area contributed by atoms with Gasteiger partial charge in [0, 0.05) is 26.6 Å². The molecule has 2 aliphatic heterocycles. The van der Waals surface area contributed by atoms with Gasteiger partial charge in [-0.3, -0.25) is 24.0 Å². The van der Waals surface area contributed by atoms with Gasteiger partial charge >= 0.3 is 11.8 Å². The molecule has 0 aliphatic carbocycles. The third-order valence-electron chi connectivity index (χ3n) is 6.45. The first-order valence-electron chi connectivity index (χ1n) is 12.2. The van der Waals surface area contributed by atoms with Gasteiger partial charge in [0.1, 0.15) is 11.6 Å². The SMILES string of the molecule is Cn1c(=O)n(C2CCC(=O)NC2=O)c2cccc(CCCOC3CCN(C(=O)OC(C)(C)C)C3)c21. The summed E-state index contributed by atoms with van der Waals surface area (Å²) in [6.07, 6.45) is 2.42. The van der Waals surface area contributed by atoms with E-state index in [1.807, 2.05) is 39.0 Å². The monoisotopic (exact) mass is 486 g/mol. The standard InChI is InChI=1S/C25H34N4O6/c1-25(2,3)35-24(33)28-13-12-17(15-28)34-14-6-8-16-7-5-9-18-21(16)27(4)23(32)29(18)19-10-11-20(30)26-22(19)31/h5,7,9,17,19H,6,8,10-15H2,1-4H3,(H,26,30,31). The largest absolute Gasteiger partial charge is 0.444 e. The third kappa shape index (κ3) is 5.42. The number of benzene rings is 1. The lowest BCUT2D eigenvalue weighted by atomic mass is 10.0. The van der Waals surface area contributed by atoms with Crippen molar-refractivity contribution in [3.8, 4) is 0 Å². The van der Waals surface area contributed by atoms with Gasteiger partial charge in [-0.1, -0.05) is 12.1 Å². The predicted molar refractivity (Wildman–Crippen MR) is 129 cm³/mol. The molecule has 10 nitrogen and oxygen atoms in total. The zero-order valence-electron chi connectivity index (χ0n) is 20.8. The van der Waals surface area contributed by atoms with Crippen molar-refractivity contribution < 1.29 is 23.9 Å². The summed E-state index contributed by atoms with van der Waals surface area (Å²) in [5.74, 6) is -0.747. The number of ether oxygens (including phenoxy) is 2. The minimum absolute atomic E-state index is 0.0173. The van der Waals surface area contributed by atoms with Crippen LogP contribution in [0.1, 0.15) is 58.1 Å². The second-order valence-electron chi connectivity index (χ2n) is 10.3. The van der Waals surface area contributed by atoms with Crippen molar-refractivity contribution in [2.45, 2.75) is 70.6 Å². The van der Waals surface area contributed by atoms with Crippen LogP contribution in [0.2, 0.25) is 0 Å². The smallest absolute Gasteiger partial charge is 0.410 e. The number of nitrogens with zero attached hydrogens (tertiary/aromatic N) is 3. The molecule has 2 unspecified atom stereocenters. The molecule has 0 spiro atoms. The molecule has 3 heterocycles. The molecule has 0 radical (unpaired) electrons. The van der Waals surface area contributed by atoms with Crippen molar-refractivity contribution in [2.24, 2.45) is 7.05 Å². The van der Waals surface area contributed by atoms with Gasteiger partial charge in [-0.05, 0) is 58.1 Å². The highest BCUT2D eigenvalue weighted by Gasteiger charge is 2.32. The molecule has 0 bridgehead atoms. The number of nitrogens with one attached hydrogen (secondary N) is 1. The Hall–Kier alpha value is -3.14. The van der Waals surface area contributed by atoms with Crippen LogP contribution >= 0.6 is 0 Å². The van der Waals surface area contributed by atoms with Gasteiger partial charge in [-0.15, -0.1) is 0 Å². The molecular formula is C25H34N4O6. The number of para-hydroxylation sites is 1.